The van der Waals surface area contributed by atoms with Gasteiger partial charge in [0.1, 0.15) is 17.2 Å². The van der Waals surface area contributed by atoms with Crippen molar-refractivity contribution in [2.45, 2.75) is 24.6 Å². The summed E-state index contributed by atoms with van der Waals surface area (Å²) < 4.78 is 49.3. The molecule has 2 aromatic carbocycles. The molecule has 0 saturated carbocycles. The predicted octanol–water partition coefficient (Wildman–Crippen LogP) is 4.12. The molecule has 1 saturated heterocycles. The van der Waals surface area contributed by atoms with Gasteiger partial charge in [0.2, 0.25) is 0 Å². The second kappa shape index (κ2) is 8.02. The molecule has 3 rings (SSSR count). The molecule has 0 radical (unpaired) electrons. The van der Waals surface area contributed by atoms with Crippen molar-refractivity contribution in [3.05, 3.63) is 57.6 Å². The van der Waals surface area contributed by atoms with Crippen molar-refractivity contribution >= 4 is 11.4 Å². The number of nitro groups is 1. The molecule has 0 aliphatic carbocycles. The number of hydrogen-bond donors (Lipinski definition) is 1. The fourth-order valence-corrected chi connectivity index (χ4v) is 3.60. The molecule has 0 atom stereocenters. The molecule has 2 aromatic rings. The monoisotopic (exact) mass is 426 g/mol. The van der Waals surface area contributed by atoms with E-state index in [1.54, 1.807) is 23.1 Å². The first-order valence-corrected chi connectivity index (χ1v) is 9.14. The van der Waals surface area contributed by atoms with Crippen molar-refractivity contribution in [1.82, 2.24) is 0 Å². The van der Waals surface area contributed by atoms with E-state index in [-0.39, 0.29) is 31.6 Å². The number of benzene rings is 2. The number of anilines is 1. The number of piperidine rings is 1. The van der Waals surface area contributed by atoms with Gasteiger partial charge in [0, 0.05) is 25.2 Å². The van der Waals surface area contributed by atoms with Crippen LogP contribution in [0.4, 0.5) is 24.5 Å². The minimum atomic E-state index is -4.67. The zero-order valence-electron chi connectivity index (χ0n) is 16.4. The van der Waals surface area contributed by atoms with Crippen molar-refractivity contribution in [2.75, 3.05) is 32.2 Å². The molecule has 7 nitrogen and oxygen atoms in total. The average molecular weight is 426 g/mol. The summed E-state index contributed by atoms with van der Waals surface area (Å²) in [5, 5.41) is 22.5. The van der Waals surface area contributed by atoms with Gasteiger partial charge in [-0.2, -0.15) is 13.2 Å². The van der Waals surface area contributed by atoms with E-state index >= 15 is 0 Å². The van der Waals surface area contributed by atoms with Crippen LogP contribution in [0, 0.1) is 10.1 Å². The summed E-state index contributed by atoms with van der Waals surface area (Å²) in [6.07, 6.45) is -4.22. The zero-order valence-corrected chi connectivity index (χ0v) is 16.4. The van der Waals surface area contributed by atoms with Crippen LogP contribution in [-0.4, -0.2) is 37.3 Å². The molecule has 10 heteroatoms. The normalized spacial score (nSPS) is 16.3. The SMILES string of the molecule is COc1cc(OC)cc(C2(O)CCN(c3ccc(C(F)(F)F)cc3[N+](=O)[O-])CC2)c1. The van der Waals surface area contributed by atoms with E-state index in [1.807, 2.05) is 0 Å². The van der Waals surface area contributed by atoms with Gasteiger partial charge >= 0.3 is 6.18 Å². The molecule has 1 fully saturated rings. The first-order chi connectivity index (χ1) is 14.1. The summed E-state index contributed by atoms with van der Waals surface area (Å²) in [5.74, 6) is 1.03. The summed E-state index contributed by atoms with van der Waals surface area (Å²) in [6.45, 7) is 0.449. The minimum absolute atomic E-state index is 0.0956. The van der Waals surface area contributed by atoms with E-state index in [0.717, 1.165) is 12.1 Å². The minimum Gasteiger partial charge on any atom is -0.497 e. The van der Waals surface area contributed by atoms with Gasteiger partial charge in [-0.15, -0.1) is 0 Å². The summed E-state index contributed by atoms with van der Waals surface area (Å²) in [5.41, 5.74) is -2.23. The molecule has 0 spiro atoms. The van der Waals surface area contributed by atoms with E-state index in [0.29, 0.717) is 23.1 Å². The number of rotatable bonds is 5. The Morgan fingerprint density at radius 2 is 1.63 bits per heavy atom. The maximum absolute atomic E-state index is 12.9. The van der Waals surface area contributed by atoms with Gasteiger partial charge in [-0.05, 0) is 42.7 Å². The predicted molar refractivity (Wildman–Crippen MR) is 103 cm³/mol. The van der Waals surface area contributed by atoms with Gasteiger partial charge in [-0.3, -0.25) is 10.1 Å². The van der Waals surface area contributed by atoms with E-state index in [4.69, 9.17) is 9.47 Å². The average Bonchev–Trinajstić information content (AvgIpc) is 2.72. The molecule has 162 valence electrons. The zero-order chi connectivity index (χ0) is 22.1. The lowest BCUT2D eigenvalue weighted by molar-refractivity contribution is -0.384. The molecule has 1 heterocycles. The van der Waals surface area contributed by atoms with E-state index in [1.165, 1.54) is 14.2 Å². The van der Waals surface area contributed by atoms with Crippen LogP contribution in [0.3, 0.4) is 0 Å². The largest absolute Gasteiger partial charge is 0.497 e. The number of ether oxygens (including phenoxy) is 2. The van der Waals surface area contributed by atoms with Crippen LogP contribution in [0.25, 0.3) is 0 Å². The fraction of sp³-hybridized carbons (Fsp3) is 0.400. The molecule has 0 bridgehead atoms. The van der Waals surface area contributed by atoms with E-state index in [9.17, 15) is 28.4 Å². The second-order valence-electron chi connectivity index (χ2n) is 7.08. The Morgan fingerprint density at radius 3 is 2.10 bits per heavy atom. The van der Waals surface area contributed by atoms with Gasteiger partial charge in [-0.25, -0.2) is 0 Å². The third kappa shape index (κ3) is 4.28. The van der Waals surface area contributed by atoms with Crippen LogP contribution < -0.4 is 14.4 Å². The van der Waals surface area contributed by atoms with Gasteiger partial charge in [0.25, 0.3) is 5.69 Å². The third-order valence-electron chi connectivity index (χ3n) is 5.32. The molecular weight excluding hydrogens is 405 g/mol. The highest BCUT2D eigenvalue weighted by Crippen LogP contribution is 2.41. The lowest BCUT2D eigenvalue weighted by Gasteiger charge is -2.39. The highest BCUT2D eigenvalue weighted by atomic mass is 19.4. The summed E-state index contributed by atoms with van der Waals surface area (Å²) >= 11 is 0. The molecule has 0 unspecified atom stereocenters. The summed E-state index contributed by atoms with van der Waals surface area (Å²) in [6, 6.07) is 7.55. The van der Waals surface area contributed by atoms with Gasteiger partial charge in [0.15, 0.2) is 0 Å². The number of halogens is 3. The Labute approximate surface area is 170 Å². The highest BCUT2D eigenvalue weighted by molar-refractivity contribution is 5.65. The highest BCUT2D eigenvalue weighted by Gasteiger charge is 2.38. The number of alkyl halides is 3. The van der Waals surface area contributed by atoms with Crippen molar-refractivity contribution < 1.29 is 32.7 Å². The Morgan fingerprint density at radius 1 is 1.07 bits per heavy atom. The maximum Gasteiger partial charge on any atom is 0.416 e. The first-order valence-electron chi connectivity index (χ1n) is 9.14. The van der Waals surface area contributed by atoms with Crippen LogP contribution in [0.1, 0.15) is 24.0 Å². The van der Waals surface area contributed by atoms with Crippen LogP contribution in [0.2, 0.25) is 0 Å². The summed E-state index contributed by atoms with van der Waals surface area (Å²) in [4.78, 5) is 12.2. The topological polar surface area (TPSA) is 85.1 Å². The van der Waals surface area contributed by atoms with E-state index in [2.05, 4.69) is 0 Å². The molecule has 1 aliphatic rings. The molecule has 1 aliphatic heterocycles. The first kappa shape index (κ1) is 21.7. The summed E-state index contributed by atoms with van der Waals surface area (Å²) in [7, 11) is 2.99. The molecule has 0 aromatic heterocycles. The number of methoxy groups -OCH3 is 2. The quantitative estimate of drug-likeness (QED) is 0.572. The number of hydrogen-bond acceptors (Lipinski definition) is 6. The smallest absolute Gasteiger partial charge is 0.416 e. The molecule has 30 heavy (non-hydrogen) atoms. The van der Waals surface area contributed by atoms with Crippen LogP contribution in [0.5, 0.6) is 11.5 Å². The van der Waals surface area contributed by atoms with Crippen molar-refractivity contribution in [1.29, 1.82) is 0 Å². The van der Waals surface area contributed by atoms with Crippen molar-refractivity contribution in [3.8, 4) is 11.5 Å². The molecule has 0 amide bonds. The van der Waals surface area contributed by atoms with Crippen molar-refractivity contribution in [3.63, 3.8) is 0 Å². The third-order valence-corrected chi connectivity index (χ3v) is 5.32. The van der Waals surface area contributed by atoms with Gasteiger partial charge in [-0.1, -0.05) is 0 Å². The number of nitro benzene ring substituents is 1. The Balaban J connectivity index is 1.86. The lowest BCUT2D eigenvalue weighted by Crippen LogP contribution is -2.42. The Bertz CT molecular complexity index is 918. The molecule has 1 N–H and O–H groups in total. The Hall–Kier alpha value is -3.01. The molecular formula is C20H21F3N2O5. The van der Waals surface area contributed by atoms with E-state index < -0.39 is 28.0 Å². The Kier molecular flexibility index (Phi) is 5.80. The number of aliphatic hydroxyl groups is 1. The van der Waals surface area contributed by atoms with Crippen molar-refractivity contribution in [2.24, 2.45) is 0 Å². The van der Waals surface area contributed by atoms with Crippen LogP contribution in [-0.2, 0) is 11.8 Å². The fourth-order valence-electron chi connectivity index (χ4n) is 3.60. The van der Waals surface area contributed by atoms with Gasteiger partial charge in [0.05, 0.1) is 30.3 Å². The van der Waals surface area contributed by atoms with Gasteiger partial charge < -0.3 is 19.5 Å². The number of nitrogens with zero attached hydrogens (tertiary/aromatic N) is 2. The second-order valence-corrected chi connectivity index (χ2v) is 7.08. The van der Waals surface area contributed by atoms with Crippen LogP contribution in [0.15, 0.2) is 36.4 Å². The standard InChI is InChI=1S/C20H21F3N2O5/c1-29-15-9-14(10-16(12-15)30-2)19(26)5-7-24(8-6-19)17-4-3-13(20(21,22)23)11-18(17)25(27)28/h3-4,9-12,26H,5-8H2,1-2H3. The van der Waals surface area contributed by atoms with Crippen LogP contribution >= 0.6 is 0 Å². The lowest BCUT2D eigenvalue weighted by atomic mass is 9.84. The maximum atomic E-state index is 12.9.